The van der Waals surface area contributed by atoms with E-state index in [9.17, 15) is 0 Å². The number of benzene rings is 10. The Balaban J connectivity index is 0.944. The smallest absolute Gasteiger partial charge is 0.128 e. The van der Waals surface area contributed by atoms with Gasteiger partial charge < -0.3 is 28.1 Å². The van der Waals surface area contributed by atoms with Crippen LogP contribution in [0.5, 0.6) is 17.2 Å². The topological polar surface area (TPSA) is 36.5 Å². The third-order valence-electron chi connectivity index (χ3n) is 15.3. The summed E-state index contributed by atoms with van der Waals surface area (Å²) in [6.45, 7) is 0. The number of methoxy groups -OCH3 is 1. The molecule has 0 spiro atoms. The predicted molar refractivity (Wildman–Crippen MR) is 302 cm³/mol. The Morgan fingerprint density at radius 1 is 0.397 bits per heavy atom. The fraction of sp³-hybridized carbons (Fsp3) is 0.0448. The minimum atomic E-state index is 0.0692. The van der Waals surface area contributed by atoms with E-state index in [-0.39, 0.29) is 12.0 Å². The van der Waals surface area contributed by atoms with Crippen molar-refractivity contribution in [3.05, 3.63) is 254 Å². The van der Waals surface area contributed by atoms with Crippen LogP contribution in [0.3, 0.4) is 0 Å². The standard InChI is InChI=1S/C67H46N4O2/c1-72-46-35-38-59-53(41-46)49-23-9-13-27-56(49)70(59)63-32-17-31-62-67(63)52-25-11-15-29-58(52)69(62)55-26-12-8-22-48(55)43-34-37-50-54-42-47(73-45-20-6-3-7-21-45)36-39-60(54)71(65(50)40-43)64-33-16-30-61-66(64)51-24-10-14-28-57(51)68(61)44-18-4-2-5-19-44/h2-42,61,66H,1H3. The lowest BCUT2D eigenvalue weighted by atomic mass is 9.87. The lowest BCUT2D eigenvalue weighted by Gasteiger charge is -2.32. The van der Waals surface area contributed by atoms with Gasteiger partial charge in [0.2, 0.25) is 0 Å². The first-order chi connectivity index (χ1) is 36.2. The van der Waals surface area contributed by atoms with Gasteiger partial charge in [-0.25, -0.2) is 0 Å². The van der Waals surface area contributed by atoms with Crippen LogP contribution >= 0.6 is 0 Å². The minimum Gasteiger partial charge on any atom is -0.497 e. The van der Waals surface area contributed by atoms with Crippen LogP contribution in [-0.4, -0.2) is 26.9 Å². The maximum Gasteiger partial charge on any atom is 0.128 e. The van der Waals surface area contributed by atoms with Crippen LogP contribution in [0.2, 0.25) is 0 Å². The number of aromatic nitrogens is 3. The molecule has 0 amide bonds. The van der Waals surface area contributed by atoms with Crippen molar-refractivity contribution in [3.8, 4) is 39.8 Å². The molecule has 6 heteroatoms. The zero-order valence-electron chi connectivity index (χ0n) is 39.9. The summed E-state index contributed by atoms with van der Waals surface area (Å²) >= 11 is 0. The Kier molecular flexibility index (Phi) is 9.20. The van der Waals surface area contributed by atoms with Crippen LogP contribution in [0.25, 0.3) is 93.6 Å². The van der Waals surface area contributed by atoms with Crippen LogP contribution in [0.15, 0.2) is 249 Å². The second-order valence-corrected chi connectivity index (χ2v) is 19.1. The van der Waals surface area contributed by atoms with Gasteiger partial charge in [-0.3, -0.25) is 0 Å². The van der Waals surface area contributed by atoms with Gasteiger partial charge in [-0.15, -0.1) is 0 Å². The second kappa shape index (κ2) is 16.3. The first kappa shape index (κ1) is 41.3. The monoisotopic (exact) mass is 938 g/mol. The van der Waals surface area contributed by atoms with Crippen molar-refractivity contribution >= 4 is 82.5 Å². The molecular weight excluding hydrogens is 893 g/mol. The van der Waals surface area contributed by atoms with Crippen LogP contribution in [0, 0.1) is 0 Å². The third kappa shape index (κ3) is 6.23. The van der Waals surface area contributed by atoms with Gasteiger partial charge in [0, 0.05) is 55.0 Å². The Hall–Kier alpha value is -9.52. The van der Waals surface area contributed by atoms with Crippen molar-refractivity contribution in [1.29, 1.82) is 0 Å². The molecule has 6 nitrogen and oxygen atoms in total. The van der Waals surface area contributed by atoms with E-state index in [1.54, 1.807) is 7.11 Å². The molecule has 13 aromatic rings. The van der Waals surface area contributed by atoms with Crippen LogP contribution in [0.1, 0.15) is 11.5 Å². The van der Waals surface area contributed by atoms with E-state index in [2.05, 4.69) is 237 Å². The predicted octanol–water partition coefficient (Wildman–Crippen LogP) is 17.2. The fourth-order valence-electron chi connectivity index (χ4n) is 12.3. The van der Waals surface area contributed by atoms with Crippen molar-refractivity contribution in [1.82, 2.24) is 13.7 Å². The summed E-state index contributed by atoms with van der Waals surface area (Å²) in [5, 5.41) is 7.05. The highest BCUT2D eigenvalue weighted by molar-refractivity contribution is 6.17. The van der Waals surface area contributed by atoms with Gasteiger partial charge in [0.25, 0.3) is 0 Å². The van der Waals surface area contributed by atoms with E-state index >= 15 is 0 Å². The molecule has 10 aromatic carbocycles. The van der Waals surface area contributed by atoms with Gasteiger partial charge in [-0.05, 0) is 120 Å². The molecule has 2 atom stereocenters. The summed E-state index contributed by atoms with van der Waals surface area (Å²) in [6, 6.07) is 83.2. The number of hydrogen-bond acceptors (Lipinski definition) is 3. The maximum atomic E-state index is 6.52. The summed E-state index contributed by atoms with van der Waals surface area (Å²) in [5.41, 5.74) is 16.4. The zero-order chi connectivity index (χ0) is 48.1. The largest absolute Gasteiger partial charge is 0.497 e. The Morgan fingerprint density at radius 2 is 1.00 bits per heavy atom. The van der Waals surface area contributed by atoms with E-state index in [1.165, 1.54) is 44.2 Å². The first-order valence-corrected chi connectivity index (χ1v) is 25.0. The van der Waals surface area contributed by atoms with Crippen molar-refractivity contribution in [2.75, 3.05) is 12.0 Å². The minimum absolute atomic E-state index is 0.0692. The Labute approximate surface area is 421 Å². The molecule has 1 aliphatic heterocycles. The molecular formula is C67H46N4O2. The number of nitrogens with zero attached hydrogens (tertiary/aromatic N) is 4. The lowest BCUT2D eigenvalue weighted by molar-refractivity contribution is 0.415. The van der Waals surface area contributed by atoms with Crippen molar-refractivity contribution in [2.24, 2.45) is 0 Å². The molecule has 0 radical (unpaired) electrons. The van der Waals surface area contributed by atoms with E-state index < -0.39 is 0 Å². The number of allylic oxidation sites excluding steroid dienone is 2. The molecule has 0 bridgehead atoms. The second-order valence-electron chi connectivity index (χ2n) is 19.1. The number of anilines is 2. The molecule has 73 heavy (non-hydrogen) atoms. The Morgan fingerprint density at radius 3 is 1.82 bits per heavy atom. The molecule has 0 N–H and O–H groups in total. The molecule has 15 rings (SSSR count). The van der Waals surface area contributed by atoms with Crippen molar-refractivity contribution in [3.63, 3.8) is 0 Å². The number of ether oxygens (including phenoxy) is 2. The van der Waals surface area contributed by atoms with Gasteiger partial charge in [0.05, 0.1) is 63.5 Å². The van der Waals surface area contributed by atoms with E-state index in [1.807, 2.05) is 30.3 Å². The molecule has 0 saturated heterocycles. The summed E-state index contributed by atoms with van der Waals surface area (Å²) in [5.74, 6) is 2.52. The average Bonchev–Trinajstić information content (AvgIpc) is 4.21. The van der Waals surface area contributed by atoms with Crippen molar-refractivity contribution < 1.29 is 9.47 Å². The quantitative estimate of drug-likeness (QED) is 0.152. The van der Waals surface area contributed by atoms with Gasteiger partial charge in [-0.2, -0.15) is 0 Å². The summed E-state index contributed by atoms with van der Waals surface area (Å²) in [4.78, 5) is 2.51. The lowest BCUT2D eigenvalue weighted by Crippen LogP contribution is -2.31. The van der Waals surface area contributed by atoms with Crippen LogP contribution in [-0.2, 0) is 0 Å². The molecule has 0 saturated carbocycles. The molecule has 346 valence electrons. The summed E-state index contributed by atoms with van der Waals surface area (Å²) in [7, 11) is 1.73. The molecule has 0 fully saturated rings. The Bertz CT molecular complexity index is 4420. The van der Waals surface area contributed by atoms with Crippen molar-refractivity contribution in [2.45, 2.75) is 12.0 Å². The molecule has 1 aliphatic carbocycles. The van der Waals surface area contributed by atoms with E-state index in [0.29, 0.717) is 0 Å². The van der Waals surface area contributed by atoms with E-state index in [0.717, 1.165) is 83.6 Å². The van der Waals surface area contributed by atoms with Gasteiger partial charge in [-0.1, -0.05) is 140 Å². The molecule has 2 unspecified atom stereocenters. The highest BCUT2D eigenvalue weighted by atomic mass is 16.5. The SMILES string of the molecule is COc1ccc2c(c1)c1ccccc1n2-c1cccc2c1c1ccccc1n2-c1ccccc1-c1ccc2c3cc(Oc4ccccc4)ccc3n(C3=CC=CC4C3c3ccccc3N4c3ccccc3)c2c1. The molecule has 3 aromatic heterocycles. The highest BCUT2D eigenvalue weighted by Crippen LogP contribution is 2.53. The highest BCUT2D eigenvalue weighted by Gasteiger charge is 2.42. The summed E-state index contributed by atoms with van der Waals surface area (Å²) < 4.78 is 19.7. The first-order valence-electron chi connectivity index (χ1n) is 25.0. The number of hydrogen-bond donors (Lipinski definition) is 0. The number of para-hydroxylation sites is 6. The van der Waals surface area contributed by atoms with Gasteiger partial charge in [0.15, 0.2) is 0 Å². The fourth-order valence-corrected chi connectivity index (χ4v) is 12.3. The number of rotatable bonds is 8. The zero-order valence-corrected chi connectivity index (χ0v) is 39.9. The summed E-state index contributed by atoms with van der Waals surface area (Å²) in [6.07, 6.45) is 6.97. The van der Waals surface area contributed by atoms with Crippen LogP contribution in [0.4, 0.5) is 11.4 Å². The number of fused-ring (bicyclic) bond motifs is 12. The molecule has 4 heterocycles. The van der Waals surface area contributed by atoms with Crippen LogP contribution < -0.4 is 14.4 Å². The maximum absolute atomic E-state index is 6.52. The normalized spacial score (nSPS) is 15.2. The average molecular weight is 939 g/mol. The van der Waals surface area contributed by atoms with Gasteiger partial charge >= 0.3 is 0 Å². The molecule has 2 aliphatic rings. The third-order valence-corrected chi connectivity index (χ3v) is 15.3. The van der Waals surface area contributed by atoms with E-state index in [4.69, 9.17) is 9.47 Å². The van der Waals surface area contributed by atoms with Gasteiger partial charge in [0.1, 0.15) is 17.2 Å².